The van der Waals surface area contributed by atoms with Crippen LogP contribution in [0.4, 0.5) is 4.79 Å². The van der Waals surface area contributed by atoms with Crippen LogP contribution in [0.3, 0.4) is 0 Å². The van der Waals surface area contributed by atoms with Crippen molar-refractivity contribution in [2.45, 2.75) is 69.9 Å². The molecule has 3 saturated heterocycles. The molecule has 0 aromatic heterocycles. The van der Waals surface area contributed by atoms with Gasteiger partial charge in [-0.1, -0.05) is 12.8 Å². The molecule has 6 nitrogen and oxygen atoms in total. The molecule has 4 fully saturated rings. The maximum Gasteiger partial charge on any atom is 0.317 e. The largest absolute Gasteiger partial charge is 0.381 e. The van der Waals surface area contributed by atoms with Crippen molar-refractivity contribution < 1.29 is 14.3 Å². The Bertz CT molecular complexity index is 514. The van der Waals surface area contributed by atoms with Gasteiger partial charge in [-0.2, -0.15) is 0 Å². The first-order valence-corrected chi connectivity index (χ1v) is 10.1. The number of amides is 3. The van der Waals surface area contributed by atoms with E-state index in [1.165, 1.54) is 12.8 Å². The number of nitrogens with zero attached hydrogens (tertiary/aromatic N) is 2. The predicted molar refractivity (Wildman–Crippen MR) is 94.2 cm³/mol. The first-order chi connectivity index (χ1) is 12.2. The van der Waals surface area contributed by atoms with Gasteiger partial charge in [-0.15, -0.1) is 0 Å². The topological polar surface area (TPSA) is 61.9 Å². The maximum absolute atomic E-state index is 13.3. The number of nitrogens with one attached hydrogen (secondary N) is 1. The minimum absolute atomic E-state index is 0.0414. The van der Waals surface area contributed by atoms with Crippen molar-refractivity contribution in [2.75, 3.05) is 32.8 Å². The zero-order chi connectivity index (χ0) is 17.3. The van der Waals surface area contributed by atoms with E-state index in [9.17, 15) is 9.59 Å². The molecule has 25 heavy (non-hydrogen) atoms. The first kappa shape index (κ1) is 17.1. The second-order valence-electron chi connectivity index (χ2n) is 8.33. The van der Waals surface area contributed by atoms with Crippen LogP contribution in [0.1, 0.15) is 57.8 Å². The van der Waals surface area contributed by atoms with Crippen molar-refractivity contribution in [3.05, 3.63) is 0 Å². The lowest BCUT2D eigenvalue weighted by atomic mass is 9.77. The summed E-state index contributed by atoms with van der Waals surface area (Å²) >= 11 is 0. The van der Waals surface area contributed by atoms with Gasteiger partial charge in [0.2, 0.25) is 5.91 Å². The van der Waals surface area contributed by atoms with Crippen LogP contribution in [0.5, 0.6) is 0 Å². The third-order valence-corrected chi connectivity index (χ3v) is 6.72. The number of ether oxygens (including phenoxy) is 1. The molecule has 1 N–H and O–H groups in total. The lowest BCUT2D eigenvalue weighted by Gasteiger charge is -2.44. The van der Waals surface area contributed by atoms with Crippen molar-refractivity contribution in [2.24, 2.45) is 5.41 Å². The van der Waals surface area contributed by atoms with Gasteiger partial charge < -0.3 is 19.9 Å². The highest BCUT2D eigenvalue weighted by molar-refractivity contribution is 5.86. The van der Waals surface area contributed by atoms with E-state index < -0.39 is 0 Å². The Hall–Kier alpha value is -1.30. The Labute approximate surface area is 150 Å². The Morgan fingerprint density at radius 1 is 1.04 bits per heavy atom. The van der Waals surface area contributed by atoms with E-state index in [4.69, 9.17) is 4.74 Å². The van der Waals surface area contributed by atoms with Crippen molar-refractivity contribution in [1.82, 2.24) is 15.1 Å². The summed E-state index contributed by atoms with van der Waals surface area (Å²) in [5.41, 5.74) is -0.330. The normalized spacial score (nSPS) is 31.9. The molecule has 0 bridgehead atoms. The highest BCUT2D eigenvalue weighted by atomic mass is 16.5. The van der Waals surface area contributed by atoms with E-state index in [2.05, 4.69) is 10.2 Å². The molecule has 0 radical (unpaired) electrons. The van der Waals surface area contributed by atoms with Crippen molar-refractivity contribution in [3.63, 3.8) is 0 Å². The average molecular weight is 349 g/mol. The minimum Gasteiger partial charge on any atom is -0.381 e. The van der Waals surface area contributed by atoms with Gasteiger partial charge in [0.1, 0.15) is 0 Å². The fraction of sp³-hybridized carbons (Fsp3) is 0.895. The minimum atomic E-state index is -0.330. The van der Waals surface area contributed by atoms with E-state index in [1.807, 2.05) is 4.90 Å². The van der Waals surface area contributed by atoms with Crippen molar-refractivity contribution in [3.8, 4) is 0 Å². The van der Waals surface area contributed by atoms with Gasteiger partial charge in [0, 0.05) is 44.9 Å². The van der Waals surface area contributed by atoms with E-state index in [0.29, 0.717) is 31.1 Å². The fourth-order valence-corrected chi connectivity index (χ4v) is 5.21. The molecule has 4 rings (SSSR count). The highest BCUT2D eigenvalue weighted by Gasteiger charge is 2.50. The monoisotopic (exact) mass is 349 g/mol. The summed E-state index contributed by atoms with van der Waals surface area (Å²) in [5, 5.41) is 3.18. The summed E-state index contributed by atoms with van der Waals surface area (Å²) in [6.07, 6.45) is 9.34. The summed E-state index contributed by atoms with van der Waals surface area (Å²) in [4.78, 5) is 29.9. The lowest BCUT2D eigenvalue weighted by molar-refractivity contribution is -0.150. The summed E-state index contributed by atoms with van der Waals surface area (Å²) in [6, 6.07) is 0.712. The number of piperidine rings is 1. The van der Waals surface area contributed by atoms with Gasteiger partial charge in [0.15, 0.2) is 0 Å². The molecule has 0 aromatic rings. The average Bonchev–Trinajstić information content (AvgIpc) is 3.29. The Balaban J connectivity index is 1.39. The number of carbonyl (C=O) groups is 2. The molecular weight excluding hydrogens is 318 g/mol. The molecule has 6 heteroatoms. The third-order valence-electron chi connectivity index (χ3n) is 6.72. The predicted octanol–water partition coefficient (Wildman–Crippen LogP) is 2.13. The second kappa shape index (κ2) is 7.14. The Morgan fingerprint density at radius 3 is 2.56 bits per heavy atom. The molecule has 1 saturated carbocycles. The van der Waals surface area contributed by atoms with Gasteiger partial charge in [-0.3, -0.25) is 4.79 Å². The summed E-state index contributed by atoms with van der Waals surface area (Å²) in [6.45, 7) is 3.71. The van der Waals surface area contributed by atoms with E-state index >= 15 is 0 Å². The molecule has 1 spiro atoms. The Morgan fingerprint density at radius 2 is 1.80 bits per heavy atom. The smallest absolute Gasteiger partial charge is 0.317 e. The third kappa shape index (κ3) is 3.37. The maximum atomic E-state index is 13.3. The van der Waals surface area contributed by atoms with Gasteiger partial charge >= 0.3 is 6.03 Å². The molecule has 3 aliphatic heterocycles. The van der Waals surface area contributed by atoms with Crippen LogP contribution in [-0.4, -0.2) is 66.7 Å². The summed E-state index contributed by atoms with van der Waals surface area (Å²) in [5.74, 6) is 0.293. The van der Waals surface area contributed by atoms with E-state index in [-0.39, 0.29) is 11.4 Å². The number of urea groups is 1. The van der Waals surface area contributed by atoms with Gasteiger partial charge in [0.05, 0.1) is 5.41 Å². The summed E-state index contributed by atoms with van der Waals surface area (Å²) < 4.78 is 5.46. The molecule has 1 aliphatic carbocycles. The zero-order valence-electron chi connectivity index (χ0n) is 15.2. The zero-order valence-corrected chi connectivity index (χ0v) is 15.2. The van der Waals surface area contributed by atoms with Crippen LogP contribution in [0.15, 0.2) is 0 Å². The second-order valence-corrected chi connectivity index (χ2v) is 8.33. The lowest BCUT2D eigenvalue weighted by Crippen LogP contribution is -2.55. The van der Waals surface area contributed by atoms with Crippen LogP contribution < -0.4 is 5.32 Å². The standard InChI is InChI=1S/C19H31N3O3/c23-17-19(8-3-10-22(17)16-6-12-25-13-7-16)9-11-21(14-19)18(24)20-15-4-1-2-5-15/h15-16H,1-14H2,(H,20,24)/t19-/m0/s1. The summed E-state index contributed by atoms with van der Waals surface area (Å²) in [7, 11) is 0. The molecule has 140 valence electrons. The molecule has 3 amide bonds. The Kier molecular flexibility index (Phi) is 4.89. The molecular formula is C19H31N3O3. The highest BCUT2D eigenvalue weighted by Crippen LogP contribution is 2.41. The number of rotatable bonds is 2. The number of carbonyl (C=O) groups excluding carboxylic acids is 2. The van der Waals surface area contributed by atoms with Crippen LogP contribution in [0, 0.1) is 5.41 Å². The van der Waals surface area contributed by atoms with Gasteiger partial charge in [-0.05, 0) is 44.9 Å². The van der Waals surface area contributed by atoms with Crippen LogP contribution in [-0.2, 0) is 9.53 Å². The number of likely N-dealkylation sites (tertiary alicyclic amines) is 2. The van der Waals surface area contributed by atoms with E-state index in [0.717, 1.165) is 64.7 Å². The molecule has 4 aliphatic rings. The quantitative estimate of drug-likeness (QED) is 0.831. The van der Waals surface area contributed by atoms with Gasteiger partial charge in [-0.25, -0.2) is 4.79 Å². The fourth-order valence-electron chi connectivity index (χ4n) is 5.21. The van der Waals surface area contributed by atoms with Crippen molar-refractivity contribution in [1.29, 1.82) is 0 Å². The first-order valence-electron chi connectivity index (χ1n) is 10.1. The molecule has 3 heterocycles. The number of hydrogen-bond donors (Lipinski definition) is 1. The number of hydrogen-bond acceptors (Lipinski definition) is 3. The van der Waals surface area contributed by atoms with Crippen LogP contribution in [0.25, 0.3) is 0 Å². The molecule has 0 aromatic carbocycles. The molecule has 1 atom stereocenters. The molecule has 0 unspecified atom stereocenters. The van der Waals surface area contributed by atoms with Gasteiger partial charge in [0.25, 0.3) is 0 Å². The van der Waals surface area contributed by atoms with Crippen LogP contribution in [0.2, 0.25) is 0 Å². The van der Waals surface area contributed by atoms with Crippen molar-refractivity contribution >= 4 is 11.9 Å². The SMILES string of the molecule is O=C(NC1CCCC1)N1CC[C@@]2(CCCN(C3CCOCC3)C2=O)C1. The van der Waals surface area contributed by atoms with Crippen LogP contribution >= 0.6 is 0 Å². The van der Waals surface area contributed by atoms with E-state index in [1.54, 1.807) is 0 Å².